The molecule has 7 nitrogen and oxygen atoms in total. The quantitative estimate of drug-likeness (QED) is 0.168. The summed E-state index contributed by atoms with van der Waals surface area (Å²) in [6.45, 7) is 2.59. The van der Waals surface area contributed by atoms with Crippen molar-refractivity contribution < 1.29 is 24.2 Å². The average Bonchev–Trinajstić information content (AvgIpc) is 3.45. The van der Waals surface area contributed by atoms with Crippen molar-refractivity contribution in [3.63, 3.8) is 0 Å². The highest BCUT2D eigenvalue weighted by Gasteiger charge is 2.48. The lowest BCUT2D eigenvalue weighted by molar-refractivity contribution is -0.132. The van der Waals surface area contributed by atoms with Gasteiger partial charge in [-0.15, -0.1) is 0 Å². The molecule has 37 heavy (non-hydrogen) atoms. The van der Waals surface area contributed by atoms with Crippen LogP contribution in [0.25, 0.3) is 16.0 Å². The van der Waals surface area contributed by atoms with Crippen molar-refractivity contribution in [2.24, 2.45) is 0 Å². The second-order valence-corrected chi connectivity index (χ2v) is 9.87. The van der Waals surface area contributed by atoms with E-state index in [-0.39, 0.29) is 11.3 Å². The zero-order chi connectivity index (χ0) is 26.1. The number of carbonyl (C=O) groups excluding carboxylic acids is 2. The minimum absolute atomic E-state index is 0.0219. The molecule has 0 bridgehead atoms. The summed E-state index contributed by atoms with van der Waals surface area (Å²) >= 11 is 7.28. The zero-order valence-corrected chi connectivity index (χ0v) is 21.7. The van der Waals surface area contributed by atoms with Crippen LogP contribution < -0.4 is 14.4 Å². The lowest BCUT2D eigenvalue weighted by atomic mass is 9.95. The van der Waals surface area contributed by atoms with E-state index in [1.54, 1.807) is 67.8 Å². The van der Waals surface area contributed by atoms with Crippen LogP contribution in [0.5, 0.6) is 11.5 Å². The molecule has 0 aliphatic carbocycles. The highest BCUT2D eigenvalue weighted by atomic mass is 35.5. The van der Waals surface area contributed by atoms with E-state index in [0.717, 1.165) is 11.1 Å². The minimum Gasteiger partial charge on any atom is -0.507 e. The van der Waals surface area contributed by atoms with Crippen LogP contribution in [0.2, 0.25) is 5.02 Å². The Kier molecular flexibility index (Phi) is 6.86. The number of ketones is 1. The van der Waals surface area contributed by atoms with Crippen LogP contribution in [0.3, 0.4) is 0 Å². The summed E-state index contributed by atoms with van der Waals surface area (Å²) in [5.41, 5.74) is 1.66. The van der Waals surface area contributed by atoms with Gasteiger partial charge in [0.1, 0.15) is 17.3 Å². The van der Waals surface area contributed by atoms with Crippen LogP contribution in [0.1, 0.15) is 30.5 Å². The van der Waals surface area contributed by atoms with Gasteiger partial charge in [-0.25, -0.2) is 4.98 Å². The molecule has 9 heteroatoms. The normalized spacial score (nSPS) is 16.9. The minimum atomic E-state index is -0.890. The number of rotatable bonds is 7. The number of nitrogens with zero attached hydrogens (tertiary/aromatic N) is 2. The third kappa shape index (κ3) is 4.65. The largest absolute Gasteiger partial charge is 0.507 e. The number of aliphatic hydroxyl groups excluding tert-OH is 1. The zero-order valence-electron chi connectivity index (χ0n) is 20.1. The van der Waals surface area contributed by atoms with Crippen LogP contribution in [0.15, 0.2) is 72.3 Å². The van der Waals surface area contributed by atoms with E-state index in [1.165, 1.54) is 16.2 Å². The molecular weight excluding hydrogens is 512 g/mol. The number of methoxy groups -OCH3 is 1. The molecule has 1 amide bonds. The number of aliphatic hydroxyl groups is 1. The number of benzene rings is 3. The molecule has 1 aromatic heterocycles. The first-order chi connectivity index (χ1) is 17.9. The number of Topliss-reactive ketones (excluding diaryl/α,β-unsaturated/α-hetero) is 1. The Morgan fingerprint density at radius 1 is 1.05 bits per heavy atom. The number of anilines is 1. The van der Waals surface area contributed by atoms with Gasteiger partial charge in [-0.1, -0.05) is 42.0 Å². The van der Waals surface area contributed by atoms with Crippen molar-refractivity contribution in [3.8, 4) is 11.5 Å². The fraction of sp³-hybridized carbons (Fsp3) is 0.179. The summed E-state index contributed by atoms with van der Waals surface area (Å²) in [5.74, 6) is -0.505. The Bertz CT molecular complexity index is 1510. The molecule has 1 atom stereocenters. The Hall–Kier alpha value is -3.88. The number of hydrogen-bond acceptors (Lipinski definition) is 7. The van der Waals surface area contributed by atoms with Crippen molar-refractivity contribution in [1.29, 1.82) is 0 Å². The molecule has 0 radical (unpaired) electrons. The fourth-order valence-corrected chi connectivity index (χ4v) is 5.34. The molecule has 1 aliphatic rings. The summed E-state index contributed by atoms with van der Waals surface area (Å²) in [5, 5.41) is 12.1. The standard InChI is InChI=1S/C28H23ClN2O5S/c1-3-14-36-19-10-6-16(7-11-19)24-23(25(32)17-4-8-18(29)9-5-17)26(33)27(34)31(24)28-30-21-13-12-20(35-2)15-22(21)37-28/h4-13,15,24,32H,3,14H2,1-2H3/b25-23+. The fourth-order valence-electron chi connectivity index (χ4n) is 4.20. The number of halogens is 1. The van der Waals surface area contributed by atoms with Gasteiger partial charge in [-0.05, 0) is 66.6 Å². The van der Waals surface area contributed by atoms with Gasteiger partial charge in [-0.3, -0.25) is 14.5 Å². The van der Waals surface area contributed by atoms with Gasteiger partial charge in [0.25, 0.3) is 5.78 Å². The SMILES string of the molecule is CCCOc1ccc(C2/C(=C(\O)c3ccc(Cl)cc3)C(=O)C(=O)N2c2nc3ccc(OC)cc3s2)cc1. The third-order valence-electron chi connectivity index (χ3n) is 6.02. The van der Waals surface area contributed by atoms with E-state index in [4.69, 9.17) is 21.1 Å². The summed E-state index contributed by atoms with van der Waals surface area (Å²) in [4.78, 5) is 32.8. The molecule has 1 N–H and O–H groups in total. The molecular formula is C28H23ClN2O5S. The molecule has 0 saturated carbocycles. The molecule has 1 saturated heterocycles. The van der Waals surface area contributed by atoms with Crippen molar-refractivity contribution in [2.75, 3.05) is 18.6 Å². The summed E-state index contributed by atoms with van der Waals surface area (Å²) in [6, 6.07) is 18.1. The Balaban J connectivity index is 1.66. The predicted octanol–water partition coefficient (Wildman–Crippen LogP) is 6.37. The number of carbonyl (C=O) groups is 2. The number of fused-ring (bicyclic) bond motifs is 1. The summed E-state index contributed by atoms with van der Waals surface area (Å²) in [6.07, 6.45) is 0.866. The van der Waals surface area contributed by atoms with Gasteiger partial charge in [0, 0.05) is 10.6 Å². The highest BCUT2D eigenvalue weighted by molar-refractivity contribution is 7.22. The first kappa shape index (κ1) is 24.8. The molecule has 4 aromatic rings. The number of amides is 1. The van der Waals surface area contributed by atoms with Crippen LogP contribution in [-0.4, -0.2) is 35.5 Å². The second kappa shape index (κ2) is 10.2. The van der Waals surface area contributed by atoms with Crippen LogP contribution >= 0.6 is 22.9 Å². The maximum absolute atomic E-state index is 13.4. The molecule has 0 spiro atoms. The topological polar surface area (TPSA) is 89.0 Å². The lowest BCUT2D eigenvalue weighted by Gasteiger charge is -2.23. The molecule has 1 fully saturated rings. The van der Waals surface area contributed by atoms with Crippen LogP contribution in [0.4, 0.5) is 5.13 Å². The van der Waals surface area contributed by atoms with Gasteiger partial charge in [0.05, 0.1) is 35.5 Å². The molecule has 3 aromatic carbocycles. The Morgan fingerprint density at radius 3 is 2.43 bits per heavy atom. The summed E-state index contributed by atoms with van der Waals surface area (Å²) in [7, 11) is 1.58. The van der Waals surface area contributed by atoms with Gasteiger partial charge in [0.2, 0.25) is 0 Å². The number of hydrogen-bond donors (Lipinski definition) is 1. The van der Waals surface area contributed by atoms with Crippen molar-refractivity contribution >= 4 is 55.7 Å². The third-order valence-corrected chi connectivity index (χ3v) is 7.29. The molecule has 1 unspecified atom stereocenters. The van der Waals surface area contributed by atoms with E-state index < -0.39 is 17.7 Å². The Labute approximate surface area is 222 Å². The van der Waals surface area contributed by atoms with Crippen molar-refractivity contribution in [3.05, 3.63) is 88.5 Å². The number of thiazole rings is 1. The van der Waals surface area contributed by atoms with Crippen molar-refractivity contribution in [2.45, 2.75) is 19.4 Å². The average molecular weight is 535 g/mol. The van der Waals surface area contributed by atoms with E-state index in [0.29, 0.717) is 44.9 Å². The van der Waals surface area contributed by atoms with E-state index >= 15 is 0 Å². The summed E-state index contributed by atoms with van der Waals surface area (Å²) < 4.78 is 11.8. The van der Waals surface area contributed by atoms with E-state index in [1.807, 2.05) is 13.0 Å². The van der Waals surface area contributed by atoms with Gasteiger partial charge < -0.3 is 14.6 Å². The number of ether oxygens (including phenoxy) is 2. The van der Waals surface area contributed by atoms with E-state index in [2.05, 4.69) is 4.98 Å². The highest BCUT2D eigenvalue weighted by Crippen LogP contribution is 2.45. The van der Waals surface area contributed by atoms with Gasteiger partial charge >= 0.3 is 5.91 Å². The Morgan fingerprint density at radius 2 is 1.76 bits per heavy atom. The molecule has 1 aliphatic heterocycles. The van der Waals surface area contributed by atoms with Gasteiger partial charge in [0.15, 0.2) is 5.13 Å². The number of aromatic nitrogens is 1. The maximum atomic E-state index is 13.4. The monoisotopic (exact) mass is 534 g/mol. The lowest BCUT2D eigenvalue weighted by Crippen LogP contribution is -2.29. The molecule has 2 heterocycles. The molecule has 188 valence electrons. The second-order valence-electron chi connectivity index (χ2n) is 8.42. The van der Waals surface area contributed by atoms with Gasteiger partial charge in [-0.2, -0.15) is 0 Å². The molecule has 5 rings (SSSR count). The van der Waals surface area contributed by atoms with Crippen LogP contribution in [-0.2, 0) is 9.59 Å². The predicted molar refractivity (Wildman–Crippen MR) is 145 cm³/mol. The first-order valence-electron chi connectivity index (χ1n) is 11.7. The van der Waals surface area contributed by atoms with E-state index in [9.17, 15) is 14.7 Å². The first-order valence-corrected chi connectivity index (χ1v) is 12.8. The van der Waals surface area contributed by atoms with Crippen molar-refractivity contribution in [1.82, 2.24) is 4.98 Å². The van der Waals surface area contributed by atoms with Crippen LogP contribution in [0, 0.1) is 0 Å². The smallest absolute Gasteiger partial charge is 0.301 e. The maximum Gasteiger partial charge on any atom is 0.301 e.